The third kappa shape index (κ3) is 1.92. The summed E-state index contributed by atoms with van der Waals surface area (Å²) >= 11 is 5.71. The van der Waals surface area contributed by atoms with E-state index in [-0.39, 0.29) is 12.2 Å². The molecule has 3 nitrogen and oxygen atoms in total. The Bertz CT molecular complexity index is 681. The minimum Gasteiger partial charge on any atom is -0.294 e. The van der Waals surface area contributed by atoms with Gasteiger partial charge in [0.25, 0.3) is 0 Å². The monoisotopic (exact) mass is 271 g/mol. The molecule has 0 aliphatic carbocycles. The fourth-order valence-electron chi connectivity index (χ4n) is 2.37. The number of hydrogen-bond acceptors (Lipinski definition) is 2. The van der Waals surface area contributed by atoms with E-state index in [1.165, 1.54) is 4.90 Å². The molecule has 0 spiro atoms. The van der Waals surface area contributed by atoms with Crippen LogP contribution in [0.4, 0.5) is 16.2 Å². The summed E-state index contributed by atoms with van der Waals surface area (Å²) < 4.78 is 0. The first-order chi connectivity index (χ1) is 9.18. The quantitative estimate of drug-likeness (QED) is 0.538. The number of nitrogens with zero attached hydrogens (tertiary/aromatic N) is 1. The largest absolute Gasteiger partial charge is 0.325 e. The number of carbonyl (C=O) groups excluding carboxylic acids is 2. The third-order valence-corrected chi connectivity index (χ3v) is 3.37. The topological polar surface area (TPSA) is 37.4 Å². The first-order valence-electron chi connectivity index (χ1n) is 5.88. The normalized spacial score (nSPS) is 13.5. The van der Waals surface area contributed by atoms with E-state index >= 15 is 0 Å². The van der Waals surface area contributed by atoms with Gasteiger partial charge in [-0.15, -0.1) is 0 Å². The van der Waals surface area contributed by atoms with Crippen molar-refractivity contribution < 1.29 is 9.59 Å². The number of amides is 1. The van der Waals surface area contributed by atoms with Crippen molar-refractivity contribution in [2.24, 2.45) is 0 Å². The Kier molecular flexibility index (Phi) is 2.84. The van der Waals surface area contributed by atoms with Crippen LogP contribution in [-0.2, 0) is 6.42 Å². The van der Waals surface area contributed by atoms with Gasteiger partial charge in [0.1, 0.15) is 0 Å². The molecule has 3 rings (SSSR count). The second-order valence-corrected chi connectivity index (χ2v) is 4.66. The molecule has 0 aromatic heterocycles. The average molecular weight is 272 g/mol. The number of fused-ring (bicyclic) bond motifs is 2. The summed E-state index contributed by atoms with van der Waals surface area (Å²) in [7, 11) is 0. The van der Waals surface area contributed by atoms with E-state index in [0.29, 0.717) is 16.9 Å². The van der Waals surface area contributed by atoms with E-state index in [9.17, 15) is 9.59 Å². The van der Waals surface area contributed by atoms with Crippen LogP contribution in [0.3, 0.4) is 0 Å². The van der Waals surface area contributed by atoms with Crippen LogP contribution in [0.5, 0.6) is 0 Å². The van der Waals surface area contributed by atoms with Crippen molar-refractivity contribution in [1.82, 2.24) is 0 Å². The van der Waals surface area contributed by atoms with Crippen LogP contribution >= 0.6 is 11.6 Å². The molecule has 0 atom stereocenters. The zero-order valence-electron chi connectivity index (χ0n) is 9.97. The van der Waals surface area contributed by atoms with Gasteiger partial charge in [-0.05, 0) is 35.4 Å². The highest BCUT2D eigenvalue weighted by molar-refractivity contribution is 6.67. The second kappa shape index (κ2) is 4.52. The molecule has 1 amide bonds. The molecule has 0 saturated carbocycles. The van der Waals surface area contributed by atoms with Gasteiger partial charge in [-0.2, -0.15) is 0 Å². The van der Waals surface area contributed by atoms with Gasteiger partial charge >= 0.3 is 5.37 Å². The number of para-hydroxylation sites is 2. The lowest BCUT2D eigenvalue weighted by atomic mass is 10.0. The molecule has 19 heavy (non-hydrogen) atoms. The van der Waals surface area contributed by atoms with E-state index < -0.39 is 5.37 Å². The summed E-state index contributed by atoms with van der Waals surface area (Å²) in [5.41, 5.74) is 2.53. The average Bonchev–Trinajstić information content (AvgIpc) is 2.53. The van der Waals surface area contributed by atoms with E-state index in [4.69, 9.17) is 11.6 Å². The van der Waals surface area contributed by atoms with Gasteiger partial charge in [0.2, 0.25) is 0 Å². The molecule has 1 aliphatic rings. The minimum absolute atomic E-state index is 0.0107. The summed E-state index contributed by atoms with van der Waals surface area (Å²) in [4.78, 5) is 25.4. The minimum atomic E-state index is -0.616. The van der Waals surface area contributed by atoms with Crippen LogP contribution in [0, 0.1) is 0 Å². The lowest BCUT2D eigenvalue weighted by Crippen LogP contribution is -2.20. The van der Waals surface area contributed by atoms with E-state index in [1.807, 2.05) is 18.2 Å². The van der Waals surface area contributed by atoms with Crippen molar-refractivity contribution in [2.45, 2.75) is 6.42 Å². The molecule has 2 aromatic carbocycles. The molecule has 1 heterocycles. The van der Waals surface area contributed by atoms with Crippen LogP contribution in [0.2, 0.25) is 0 Å². The third-order valence-electron chi connectivity index (χ3n) is 3.20. The van der Waals surface area contributed by atoms with Crippen molar-refractivity contribution in [3.63, 3.8) is 0 Å². The standard InChI is InChI=1S/C15H10ClNO2/c16-15(19)17-12-7-3-1-5-10(12)9-14(18)11-6-2-4-8-13(11)17/h1-8H,9H2. The number of halogens is 1. The Morgan fingerprint density at radius 3 is 2.37 bits per heavy atom. The molecule has 0 fully saturated rings. The summed E-state index contributed by atoms with van der Waals surface area (Å²) in [6, 6.07) is 14.3. The highest BCUT2D eigenvalue weighted by Crippen LogP contribution is 2.36. The van der Waals surface area contributed by atoms with Crippen molar-refractivity contribution >= 4 is 34.1 Å². The smallest absolute Gasteiger partial charge is 0.294 e. The van der Waals surface area contributed by atoms with Crippen LogP contribution in [-0.4, -0.2) is 11.1 Å². The van der Waals surface area contributed by atoms with Gasteiger partial charge in [0.05, 0.1) is 11.4 Å². The number of hydrogen-bond donors (Lipinski definition) is 0. The lowest BCUT2D eigenvalue weighted by Gasteiger charge is -2.21. The van der Waals surface area contributed by atoms with Gasteiger partial charge in [-0.3, -0.25) is 14.5 Å². The first-order valence-corrected chi connectivity index (χ1v) is 6.26. The number of ketones is 1. The van der Waals surface area contributed by atoms with Crippen molar-refractivity contribution in [3.8, 4) is 0 Å². The molecule has 0 bridgehead atoms. The molecule has 0 radical (unpaired) electrons. The van der Waals surface area contributed by atoms with Gasteiger partial charge in [0.15, 0.2) is 5.78 Å². The SMILES string of the molecule is O=C1Cc2ccccc2N(C(=O)Cl)c2ccccc21. The predicted molar refractivity (Wildman–Crippen MR) is 74.3 cm³/mol. The summed E-state index contributed by atoms with van der Waals surface area (Å²) in [5.74, 6) is -0.0107. The Hall–Kier alpha value is -2.13. The second-order valence-electron chi connectivity index (χ2n) is 4.33. The fraction of sp³-hybridized carbons (Fsp3) is 0.0667. The van der Waals surface area contributed by atoms with E-state index in [0.717, 1.165) is 5.56 Å². The molecule has 94 valence electrons. The number of Topliss-reactive ketones (excluding diaryl/α,β-unsaturated/α-hetero) is 1. The Morgan fingerprint density at radius 1 is 1.00 bits per heavy atom. The highest BCUT2D eigenvalue weighted by atomic mass is 35.5. The fourth-order valence-corrected chi connectivity index (χ4v) is 2.55. The van der Waals surface area contributed by atoms with Gasteiger partial charge < -0.3 is 0 Å². The van der Waals surface area contributed by atoms with Gasteiger partial charge in [0, 0.05) is 12.0 Å². The zero-order chi connectivity index (χ0) is 13.4. The van der Waals surface area contributed by atoms with E-state index in [2.05, 4.69) is 0 Å². The van der Waals surface area contributed by atoms with Gasteiger partial charge in [-0.1, -0.05) is 30.3 Å². The summed E-state index contributed by atoms with van der Waals surface area (Å²) in [5, 5.41) is -0.616. The van der Waals surface area contributed by atoms with Crippen LogP contribution < -0.4 is 4.90 Å². The molecular formula is C15H10ClNO2. The maximum atomic E-state index is 12.3. The molecule has 0 unspecified atom stereocenters. The Balaban J connectivity index is 2.32. The van der Waals surface area contributed by atoms with Crippen molar-refractivity contribution in [1.29, 1.82) is 0 Å². The maximum absolute atomic E-state index is 12.3. The molecule has 0 N–H and O–H groups in total. The van der Waals surface area contributed by atoms with Crippen LogP contribution in [0.25, 0.3) is 0 Å². The number of rotatable bonds is 0. The first kappa shape index (κ1) is 11.9. The number of carbonyl (C=O) groups is 2. The summed E-state index contributed by atoms with van der Waals surface area (Å²) in [6.07, 6.45) is 0.272. The lowest BCUT2D eigenvalue weighted by molar-refractivity contribution is 0.0994. The Morgan fingerprint density at radius 2 is 1.63 bits per heavy atom. The van der Waals surface area contributed by atoms with E-state index in [1.54, 1.807) is 30.3 Å². The molecule has 4 heteroatoms. The van der Waals surface area contributed by atoms with Crippen LogP contribution in [0.1, 0.15) is 15.9 Å². The van der Waals surface area contributed by atoms with Gasteiger partial charge in [-0.25, -0.2) is 0 Å². The van der Waals surface area contributed by atoms with Crippen LogP contribution in [0.15, 0.2) is 48.5 Å². The predicted octanol–water partition coefficient (Wildman–Crippen LogP) is 3.92. The molecule has 0 saturated heterocycles. The molecule has 1 aliphatic heterocycles. The van der Waals surface area contributed by atoms with Crippen molar-refractivity contribution in [2.75, 3.05) is 4.90 Å². The maximum Gasteiger partial charge on any atom is 0.325 e. The summed E-state index contributed by atoms with van der Waals surface area (Å²) in [6.45, 7) is 0. The Labute approximate surface area is 115 Å². The molecule has 2 aromatic rings. The van der Waals surface area contributed by atoms with Crippen molar-refractivity contribution in [3.05, 3.63) is 59.7 Å². The number of benzene rings is 2. The molecular weight excluding hydrogens is 262 g/mol. The highest BCUT2D eigenvalue weighted by Gasteiger charge is 2.27. The number of anilines is 2. The zero-order valence-corrected chi connectivity index (χ0v) is 10.7.